The van der Waals surface area contributed by atoms with Crippen LogP contribution >= 0.6 is 11.8 Å². The van der Waals surface area contributed by atoms with E-state index in [2.05, 4.69) is 23.5 Å². The predicted octanol–water partition coefficient (Wildman–Crippen LogP) is 2.54. The molecule has 1 amide bonds. The van der Waals surface area contributed by atoms with Gasteiger partial charge in [0.25, 0.3) is 0 Å². The third-order valence-corrected chi connectivity index (χ3v) is 5.98. The lowest BCUT2D eigenvalue weighted by Crippen LogP contribution is -2.61. The highest BCUT2D eigenvalue weighted by Gasteiger charge is 2.47. The number of carbonyl (C=O) groups is 1. The van der Waals surface area contributed by atoms with Crippen molar-refractivity contribution >= 4 is 17.7 Å². The van der Waals surface area contributed by atoms with Crippen LogP contribution in [0.5, 0.6) is 0 Å². The Kier molecular flexibility index (Phi) is 4.02. The van der Waals surface area contributed by atoms with Gasteiger partial charge in [-0.2, -0.15) is 0 Å². The van der Waals surface area contributed by atoms with Crippen molar-refractivity contribution in [2.24, 2.45) is 5.41 Å². The number of hydrogen-bond donors (Lipinski definition) is 2. The SMILES string of the molecule is CC1(C)C(O)CC1NC(=O)CSc1ccc2c(c1)CCC2. The predicted molar refractivity (Wildman–Crippen MR) is 85.5 cm³/mol. The smallest absolute Gasteiger partial charge is 0.230 e. The highest BCUT2D eigenvalue weighted by Crippen LogP contribution is 2.40. The van der Waals surface area contributed by atoms with Gasteiger partial charge < -0.3 is 10.4 Å². The summed E-state index contributed by atoms with van der Waals surface area (Å²) in [6.45, 7) is 4.00. The second kappa shape index (κ2) is 5.65. The zero-order valence-electron chi connectivity index (χ0n) is 12.7. The molecule has 2 unspecified atom stereocenters. The van der Waals surface area contributed by atoms with E-state index in [9.17, 15) is 9.90 Å². The maximum absolute atomic E-state index is 12.0. The summed E-state index contributed by atoms with van der Waals surface area (Å²) in [5.41, 5.74) is 2.71. The lowest BCUT2D eigenvalue weighted by atomic mass is 9.64. The van der Waals surface area contributed by atoms with E-state index >= 15 is 0 Å². The third kappa shape index (κ3) is 2.97. The number of amides is 1. The minimum absolute atomic E-state index is 0.0606. The van der Waals surface area contributed by atoms with E-state index in [4.69, 9.17) is 0 Å². The Bertz CT molecular complexity index is 556. The van der Waals surface area contributed by atoms with E-state index in [1.807, 2.05) is 13.8 Å². The number of thioether (sulfide) groups is 1. The zero-order chi connectivity index (χ0) is 15.0. The molecular weight excluding hydrogens is 282 g/mol. The molecule has 0 aromatic heterocycles. The van der Waals surface area contributed by atoms with Gasteiger partial charge in [-0.25, -0.2) is 0 Å². The molecule has 4 heteroatoms. The molecule has 2 atom stereocenters. The molecule has 2 aliphatic carbocycles. The van der Waals surface area contributed by atoms with Crippen molar-refractivity contribution in [1.82, 2.24) is 5.32 Å². The number of aliphatic hydroxyl groups excluding tert-OH is 1. The number of benzene rings is 1. The van der Waals surface area contributed by atoms with Gasteiger partial charge in [0, 0.05) is 16.4 Å². The summed E-state index contributed by atoms with van der Waals surface area (Å²) in [5, 5.41) is 12.7. The third-order valence-electron chi connectivity index (χ3n) is 4.99. The molecule has 21 heavy (non-hydrogen) atoms. The number of hydrogen-bond acceptors (Lipinski definition) is 3. The highest BCUT2D eigenvalue weighted by atomic mass is 32.2. The molecule has 3 nitrogen and oxygen atoms in total. The number of aliphatic hydroxyl groups is 1. The van der Waals surface area contributed by atoms with E-state index in [-0.39, 0.29) is 23.5 Å². The lowest BCUT2D eigenvalue weighted by Gasteiger charge is -2.49. The minimum atomic E-state index is -0.299. The van der Waals surface area contributed by atoms with Crippen LogP contribution in [0.1, 0.15) is 37.8 Å². The second-order valence-corrected chi connectivity index (χ2v) is 7.81. The fourth-order valence-corrected chi connectivity index (χ4v) is 3.94. The summed E-state index contributed by atoms with van der Waals surface area (Å²) in [7, 11) is 0. The first-order chi connectivity index (χ1) is 9.96. The Morgan fingerprint density at radius 2 is 2.14 bits per heavy atom. The standard InChI is InChI=1S/C17H23NO2S/c1-17(2)14(9-15(17)19)18-16(20)10-21-13-7-6-11-4-3-5-12(11)8-13/h6-8,14-15,19H,3-5,9-10H2,1-2H3,(H,18,20). The Morgan fingerprint density at radius 1 is 1.38 bits per heavy atom. The van der Waals surface area contributed by atoms with Crippen molar-refractivity contribution < 1.29 is 9.90 Å². The van der Waals surface area contributed by atoms with Crippen LogP contribution in [-0.2, 0) is 17.6 Å². The largest absolute Gasteiger partial charge is 0.392 e. The van der Waals surface area contributed by atoms with Gasteiger partial charge in [0.15, 0.2) is 0 Å². The monoisotopic (exact) mass is 305 g/mol. The summed E-state index contributed by atoms with van der Waals surface area (Å²) in [4.78, 5) is 13.2. The molecule has 1 aromatic rings. The molecule has 2 N–H and O–H groups in total. The fraction of sp³-hybridized carbons (Fsp3) is 0.588. The van der Waals surface area contributed by atoms with Gasteiger partial charge in [-0.05, 0) is 48.9 Å². The Hall–Kier alpha value is -1.00. The van der Waals surface area contributed by atoms with Crippen molar-refractivity contribution in [1.29, 1.82) is 0 Å². The van der Waals surface area contributed by atoms with Crippen LogP contribution in [0.15, 0.2) is 23.1 Å². The van der Waals surface area contributed by atoms with Crippen LogP contribution in [0.2, 0.25) is 0 Å². The molecule has 0 spiro atoms. The van der Waals surface area contributed by atoms with Crippen LogP contribution in [0.25, 0.3) is 0 Å². The van der Waals surface area contributed by atoms with Gasteiger partial charge in [0.2, 0.25) is 5.91 Å². The van der Waals surface area contributed by atoms with E-state index in [0.29, 0.717) is 12.2 Å². The summed E-state index contributed by atoms with van der Waals surface area (Å²) in [6, 6.07) is 6.66. The summed E-state index contributed by atoms with van der Waals surface area (Å²) in [5.74, 6) is 0.507. The van der Waals surface area contributed by atoms with Gasteiger partial charge in [0.05, 0.1) is 11.9 Å². The number of carbonyl (C=O) groups excluding carboxylic acids is 1. The maximum atomic E-state index is 12.0. The van der Waals surface area contributed by atoms with E-state index in [1.165, 1.54) is 35.3 Å². The molecule has 0 heterocycles. The molecule has 1 aromatic carbocycles. The zero-order valence-corrected chi connectivity index (χ0v) is 13.5. The van der Waals surface area contributed by atoms with Gasteiger partial charge in [-0.1, -0.05) is 19.9 Å². The van der Waals surface area contributed by atoms with Gasteiger partial charge in [-0.15, -0.1) is 11.8 Å². The Labute approximate surface area is 130 Å². The van der Waals surface area contributed by atoms with E-state index in [1.54, 1.807) is 11.8 Å². The fourth-order valence-electron chi connectivity index (χ4n) is 3.17. The quantitative estimate of drug-likeness (QED) is 0.841. The number of fused-ring (bicyclic) bond motifs is 1. The topological polar surface area (TPSA) is 49.3 Å². The average molecular weight is 305 g/mol. The first-order valence-corrected chi connectivity index (χ1v) is 8.67. The molecule has 114 valence electrons. The molecule has 2 aliphatic rings. The molecular formula is C17H23NO2S. The first kappa shape index (κ1) is 14.9. The number of nitrogens with one attached hydrogen (secondary N) is 1. The molecule has 1 fully saturated rings. The van der Waals surface area contributed by atoms with Crippen LogP contribution in [0, 0.1) is 5.41 Å². The molecule has 0 aliphatic heterocycles. The Balaban J connectivity index is 1.50. The van der Waals surface area contributed by atoms with Crippen molar-refractivity contribution in [2.75, 3.05) is 5.75 Å². The van der Waals surface area contributed by atoms with Gasteiger partial charge in [-0.3, -0.25) is 4.79 Å². The van der Waals surface area contributed by atoms with Crippen molar-refractivity contribution in [3.63, 3.8) is 0 Å². The molecule has 1 saturated carbocycles. The molecule has 3 rings (SSSR count). The van der Waals surface area contributed by atoms with Crippen molar-refractivity contribution in [3.8, 4) is 0 Å². The van der Waals surface area contributed by atoms with Crippen LogP contribution < -0.4 is 5.32 Å². The van der Waals surface area contributed by atoms with Gasteiger partial charge >= 0.3 is 0 Å². The maximum Gasteiger partial charge on any atom is 0.230 e. The van der Waals surface area contributed by atoms with Crippen molar-refractivity contribution in [3.05, 3.63) is 29.3 Å². The summed E-state index contributed by atoms with van der Waals surface area (Å²) < 4.78 is 0. The summed E-state index contributed by atoms with van der Waals surface area (Å²) >= 11 is 1.60. The molecule has 0 saturated heterocycles. The lowest BCUT2D eigenvalue weighted by molar-refractivity contribution is -0.126. The van der Waals surface area contributed by atoms with Crippen LogP contribution in [0.4, 0.5) is 0 Å². The first-order valence-electron chi connectivity index (χ1n) is 7.69. The Morgan fingerprint density at radius 3 is 2.86 bits per heavy atom. The number of aryl methyl sites for hydroxylation is 2. The van der Waals surface area contributed by atoms with Crippen LogP contribution in [-0.4, -0.2) is 28.9 Å². The second-order valence-electron chi connectivity index (χ2n) is 6.77. The van der Waals surface area contributed by atoms with Crippen molar-refractivity contribution in [2.45, 2.75) is 56.6 Å². The minimum Gasteiger partial charge on any atom is -0.392 e. The number of rotatable bonds is 4. The van der Waals surface area contributed by atoms with E-state index < -0.39 is 0 Å². The average Bonchev–Trinajstić information content (AvgIpc) is 2.92. The van der Waals surface area contributed by atoms with Gasteiger partial charge in [0.1, 0.15) is 0 Å². The molecule has 0 bridgehead atoms. The molecule has 0 radical (unpaired) electrons. The van der Waals surface area contributed by atoms with E-state index in [0.717, 1.165) is 0 Å². The normalized spacial score (nSPS) is 26.0. The van der Waals surface area contributed by atoms with Crippen LogP contribution in [0.3, 0.4) is 0 Å². The highest BCUT2D eigenvalue weighted by molar-refractivity contribution is 8.00. The summed E-state index contributed by atoms with van der Waals surface area (Å²) in [6.07, 6.45) is 3.99.